The molecule has 0 saturated carbocycles. The van der Waals surface area contributed by atoms with E-state index >= 15 is 0 Å². The van der Waals surface area contributed by atoms with Crippen LogP contribution in [0.3, 0.4) is 0 Å². The number of benzene rings is 2. The van der Waals surface area contributed by atoms with Gasteiger partial charge in [0, 0.05) is 21.1 Å². The number of halogens is 2. The fraction of sp³-hybridized carbons (Fsp3) is 0.0952. The Balaban J connectivity index is 1.95. The molecule has 1 aliphatic rings. The van der Waals surface area contributed by atoms with Gasteiger partial charge in [0.05, 0.1) is 11.6 Å². The molecule has 8 heteroatoms. The zero-order valence-corrected chi connectivity index (χ0v) is 17.4. The number of carbonyl (C=O) groups excluding carboxylic acids is 2. The molecule has 0 bridgehead atoms. The maximum atomic E-state index is 12.9. The second-order valence-electron chi connectivity index (χ2n) is 6.53. The Hall–Kier alpha value is -2.90. The van der Waals surface area contributed by atoms with Crippen LogP contribution in [0.25, 0.3) is 5.76 Å². The summed E-state index contributed by atoms with van der Waals surface area (Å²) in [4.78, 5) is 27.1. The summed E-state index contributed by atoms with van der Waals surface area (Å²) in [6.07, 6.45) is 0. The van der Waals surface area contributed by atoms with E-state index in [4.69, 9.17) is 16.1 Å². The molecule has 6 nitrogen and oxygen atoms in total. The van der Waals surface area contributed by atoms with Crippen LogP contribution in [0.2, 0.25) is 5.02 Å². The summed E-state index contributed by atoms with van der Waals surface area (Å²) in [6.45, 7) is 1.69. The van der Waals surface area contributed by atoms with E-state index in [1.807, 2.05) is 6.07 Å². The van der Waals surface area contributed by atoms with Crippen molar-refractivity contribution >= 4 is 50.8 Å². The second-order valence-corrected chi connectivity index (χ2v) is 7.88. The minimum atomic E-state index is -0.868. The molecule has 0 unspecified atom stereocenters. The Kier molecular flexibility index (Phi) is 5.02. The first-order valence-electron chi connectivity index (χ1n) is 8.62. The van der Waals surface area contributed by atoms with Crippen LogP contribution in [-0.4, -0.2) is 22.0 Å². The minimum absolute atomic E-state index is 0.0314. The third-order valence-corrected chi connectivity index (χ3v) is 5.33. The molecule has 0 radical (unpaired) electrons. The molecule has 1 amide bonds. The van der Waals surface area contributed by atoms with E-state index in [0.29, 0.717) is 21.9 Å². The molecule has 1 aliphatic heterocycles. The van der Waals surface area contributed by atoms with Crippen LogP contribution in [0.4, 0.5) is 5.82 Å². The van der Waals surface area contributed by atoms with E-state index in [1.165, 1.54) is 4.90 Å². The van der Waals surface area contributed by atoms with Gasteiger partial charge in [0.2, 0.25) is 0 Å². The number of aryl methyl sites for hydroxylation is 1. The Bertz CT molecular complexity index is 1150. The maximum Gasteiger partial charge on any atom is 0.301 e. The molecule has 0 spiro atoms. The number of hydrogen-bond acceptors (Lipinski definition) is 5. The third-order valence-electron chi connectivity index (χ3n) is 4.59. The van der Waals surface area contributed by atoms with Gasteiger partial charge < -0.3 is 9.63 Å². The molecule has 1 N–H and O–H groups in total. The molecule has 1 atom stereocenters. The van der Waals surface area contributed by atoms with E-state index < -0.39 is 17.7 Å². The summed E-state index contributed by atoms with van der Waals surface area (Å²) in [5.41, 5.74) is 0.981. The highest BCUT2D eigenvalue weighted by Crippen LogP contribution is 2.42. The number of amides is 1. The highest BCUT2D eigenvalue weighted by Gasteiger charge is 2.48. The average Bonchev–Trinajstić information content (AvgIpc) is 3.23. The Morgan fingerprint density at radius 1 is 1.17 bits per heavy atom. The van der Waals surface area contributed by atoms with Gasteiger partial charge in [-0.2, -0.15) is 0 Å². The molecule has 29 heavy (non-hydrogen) atoms. The highest BCUT2D eigenvalue weighted by atomic mass is 79.9. The lowest BCUT2D eigenvalue weighted by Gasteiger charge is -2.23. The largest absolute Gasteiger partial charge is 0.507 e. The number of hydrogen-bond donors (Lipinski definition) is 1. The normalized spacial score (nSPS) is 18.4. The van der Waals surface area contributed by atoms with E-state index in [-0.39, 0.29) is 17.2 Å². The van der Waals surface area contributed by atoms with E-state index in [2.05, 4.69) is 21.1 Å². The lowest BCUT2D eigenvalue weighted by Crippen LogP contribution is -2.29. The predicted molar refractivity (Wildman–Crippen MR) is 112 cm³/mol. The van der Waals surface area contributed by atoms with E-state index in [0.717, 1.165) is 4.47 Å². The third kappa shape index (κ3) is 3.47. The zero-order chi connectivity index (χ0) is 20.7. The maximum absolute atomic E-state index is 12.9. The molecule has 1 saturated heterocycles. The van der Waals surface area contributed by atoms with Crippen LogP contribution >= 0.6 is 27.5 Å². The van der Waals surface area contributed by atoms with E-state index in [9.17, 15) is 14.7 Å². The number of Topliss-reactive ketones (excluding diaryl/α,β-unsaturated/α-hetero) is 1. The number of ketones is 1. The summed E-state index contributed by atoms with van der Waals surface area (Å²) < 4.78 is 5.87. The quantitative estimate of drug-likeness (QED) is 0.328. The summed E-state index contributed by atoms with van der Waals surface area (Å²) in [7, 11) is 0. The average molecular weight is 474 g/mol. The first-order chi connectivity index (χ1) is 13.9. The number of aromatic nitrogens is 1. The van der Waals surface area contributed by atoms with Gasteiger partial charge in [-0.15, -0.1) is 0 Å². The first-order valence-corrected chi connectivity index (χ1v) is 9.79. The molecule has 2 heterocycles. The molecule has 2 aromatic carbocycles. The predicted octanol–water partition coefficient (Wildman–Crippen LogP) is 5.03. The summed E-state index contributed by atoms with van der Waals surface area (Å²) >= 11 is 9.34. The lowest BCUT2D eigenvalue weighted by atomic mass is 9.95. The number of nitrogens with zero attached hydrogens (tertiary/aromatic N) is 2. The lowest BCUT2D eigenvalue weighted by molar-refractivity contribution is -0.132. The van der Waals surface area contributed by atoms with Crippen molar-refractivity contribution in [2.45, 2.75) is 13.0 Å². The van der Waals surface area contributed by atoms with Gasteiger partial charge in [-0.05, 0) is 48.9 Å². The van der Waals surface area contributed by atoms with Gasteiger partial charge in [-0.25, -0.2) is 0 Å². The summed E-state index contributed by atoms with van der Waals surface area (Å²) in [6, 6.07) is 14.2. The number of aliphatic hydroxyl groups excluding tert-OH is 1. The van der Waals surface area contributed by atoms with Gasteiger partial charge in [0.25, 0.3) is 5.78 Å². The number of anilines is 1. The van der Waals surface area contributed by atoms with Crippen LogP contribution in [0.5, 0.6) is 0 Å². The van der Waals surface area contributed by atoms with Crippen LogP contribution in [0, 0.1) is 6.92 Å². The van der Waals surface area contributed by atoms with Crippen molar-refractivity contribution in [2.24, 2.45) is 0 Å². The minimum Gasteiger partial charge on any atom is -0.507 e. The van der Waals surface area contributed by atoms with Crippen molar-refractivity contribution < 1.29 is 19.2 Å². The molecule has 146 valence electrons. The Morgan fingerprint density at radius 3 is 2.52 bits per heavy atom. The van der Waals surface area contributed by atoms with Gasteiger partial charge in [-0.1, -0.05) is 44.8 Å². The van der Waals surface area contributed by atoms with Crippen molar-refractivity contribution in [3.05, 3.63) is 86.6 Å². The smallest absolute Gasteiger partial charge is 0.301 e. The monoisotopic (exact) mass is 472 g/mol. The molecular formula is C21H14BrClN2O4. The van der Waals surface area contributed by atoms with Gasteiger partial charge >= 0.3 is 5.91 Å². The van der Waals surface area contributed by atoms with Gasteiger partial charge in [-0.3, -0.25) is 14.5 Å². The van der Waals surface area contributed by atoms with Crippen molar-refractivity contribution in [2.75, 3.05) is 4.90 Å². The highest BCUT2D eigenvalue weighted by molar-refractivity contribution is 9.10. The molecule has 1 fully saturated rings. The zero-order valence-electron chi connectivity index (χ0n) is 15.1. The topological polar surface area (TPSA) is 83.6 Å². The Morgan fingerprint density at radius 2 is 1.90 bits per heavy atom. The van der Waals surface area contributed by atoms with E-state index in [1.54, 1.807) is 55.5 Å². The van der Waals surface area contributed by atoms with Crippen LogP contribution in [0.1, 0.15) is 22.9 Å². The fourth-order valence-electron chi connectivity index (χ4n) is 3.29. The van der Waals surface area contributed by atoms with Crippen molar-refractivity contribution in [1.29, 1.82) is 0 Å². The standard InChI is InChI=1S/C21H14BrClN2O4/c1-11-9-16(24-29-11)25-18(13-3-2-4-14(22)10-13)17(20(27)21(25)28)19(26)12-5-7-15(23)8-6-12/h2-10,18,26H,1H3/t18-/m1/s1. The first kappa shape index (κ1) is 19.4. The van der Waals surface area contributed by atoms with Crippen molar-refractivity contribution in [3.8, 4) is 0 Å². The van der Waals surface area contributed by atoms with Crippen molar-refractivity contribution in [3.63, 3.8) is 0 Å². The van der Waals surface area contributed by atoms with Crippen molar-refractivity contribution in [1.82, 2.24) is 5.16 Å². The summed E-state index contributed by atoms with van der Waals surface area (Å²) in [5.74, 6) is -1.19. The second kappa shape index (κ2) is 7.50. The molecular weight excluding hydrogens is 460 g/mol. The summed E-state index contributed by atoms with van der Waals surface area (Å²) in [5, 5.41) is 15.3. The molecule has 0 aliphatic carbocycles. The SMILES string of the molecule is Cc1cc(N2C(=O)C(=O)C(=C(O)c3ccc(Cl)cc3)[C@H]2c2cccc(Br)c2)no1. The van der Waals surface area contributed by atoms with Crippen LogP contribution in [-0.2, 0) is 9.59 Å². The Labute approximate surface area is 179 Å². The number of aliphatic hydroxyl groups is 1. The van der Waals surface area contributed by atoms with Crippen LogP contribution < -0.4 is 4.90 Å². The molecule has 1 aromatic heterocycles. The van der Waals surface area contributed by atoms with Gasteiger partial charge in [0.1, 0.15) is 11.5 Å². The number of carbonyl (C=O) groups is 2. The fourth-order valence-corrected chi connectivity index (χ4v) is 3.83. The number of rotatable bonds is 3. The molecule has 4 rings (SSSR count). The molecule has 3 aromatic rings. The van der Waals surface area contributed by atoms with Crippen LogP contribution in [0.15, 0.2) is 69.2 Å². The van der Waals surface area contributed by atoms with Gasteiger partial charge in [0.15, 0.2) is 5.82 Å².